The van der Waals surface area contributed by atoms with Gasteiger partial charge >= 0.3 is 5.24 Å². The number of nitrogens with zero attached hydrogens (tertiary/aromatic N) is 1. The Morgan fingerprint density at radius 1 is 1.50 bits per heavy atom. The molecule has 16 heavy (non-hydrogen) atoms. The summed E-state index contributed by atoms with van der Waals surface area (Å²) in [5.74, 6) is -0.833. The molecule has 84 valence electrons. The van der Waals surface area contributed by atoms with Crippen molar-refractivity contribution in [1.82, 2.24) is 0 Å². The number of carboxylic acid groups (broad SMARTS) is 1. The molecule has 0 aromatic heterocycles. The number of rotatable bonds is 0. The Morgan fingerprint density at radius 2 is 2.06 bits per heavy atom. The first-order valence-electron chi connectivity index (χ1n) is 4.10. The molecule has 1 aromatic carbocycles. The molecular formula is C9H7ClNO4S+. The van der Waals surface area contributed by atoms with Crippen LogP contribution in [0, 0.1) is 4.91 Å². The molecule has 7 heteroatoms. The van der Waals surface area contributed by atoms with Gasteiger partial charge in [-0.15, -0.1) is 0 Å². The summed E-state index contributed by atoms with van der Waals surface area (Å²) in [5.41, 5.74) is 0.345. The Hall–Kier alpha value is -1.40. The average Bonchev–Trinajstić information content (AvgIpc) is 2.43. The van der Waals surface area contributed by atoms with Gasteiger partial charge in [-0.05, 0) is 12.1 Å². The molecule has 0 atom stereocenters. The molecule has 0 bridgehead atoms. The number of benzene rings is 1. The number of carbonyl (C=O) groups is 2. The maximum absolute atomic E-state index is 11.0. The number of hydrogen-bond acceptors (Lipinski definition) is 4. The van der Waals surface area contributed by atoms with Gasteiger partial charge in [0.25, 0.3) is 11.7 Å². The first-order chi connectivity index (χ1) is 7.41. The predicted octanol–water partition coefficient (Wildman–Crippen LogP) is 3.07. The van der Waals surface area contributed by atoms with E-state index < -0.39 is 11.2 Å². The van der Waals surface area contributed by atoms with Crippen molar-refractivity contribution in [3.05, 3.63) is 28.1 Å². The highest BCUT2D eigenvalue weighted by Crippen LogP contribution is 2.39. The number of nitroso groups, excluding NO2 is 1. The zero-order valence-electron chi connectivity index (χ0n) is 8.14. The molecule has 0 unspecified atom stereocenters. The number of fused-ring (bicyclic) bond motifs is 1. The van der Waals surface area contributed by atoms with E-state index in [0.717, 1.165) is 18.7 Å². The molecule has 1 aliphatic heterocycles. The predicted molar refractivity (Wildman–Crippen MR) is 59.3 cm³/mol. The first kappa shape index (κ1) is 12.7. The van der Waals surface area contributed by atoms with Crippen molar-refractivity contribution in [3.63, 3.8) is 0 Å². The van der Waals surface area contributed by atoms with E-state index in [9.17, 15) is 9.70 Å². The molecule has 0 spiro atoms. The van der Waals surface area contributed by atoms with E-state index in [2.05, 4.69) is 0 Å². The summed E-state index contributed by atoms with van der Waals surface area (Å²) in [7, 11) is 0. The van der Waals surface area contributed by atoms with Gasteiger partial charge in [0.05, 0.1) is 4.90 Å². The number of carbonyl (C=O) groups excluding carboxylic acids is 1. The van der Waals surface area contributed by atoms with Crippen LogP contribution in [0.2, 0.25) is 5.02 Å². The van der Waals surface area contributed by atoms with E-state index in [1.54, 1.807) is 12.1 Å². The van der Waals surface area contributed by atoms with Crippen LogP contribution in [-0.4, -0.2) is 21.1 Å². The summed E-state index contributed by atoms with van der Waals surface area (Å²) in [6, 6.07) is 4.81. The topological polar surface area (TPSA) is 74.4 Å². The SMILES string of the molecule is CC(=O)O.O=C1Sc2ccc(Cl)cc2[N+]1=O. The first-order valence-corrected chi connectivity index (χ1v) is 5.29. The summed E-state index contributed by atoms with van der Waals surface area (Å²) < 4.78 is 0.353. The van der Waals surface area contributed by atoms with Gasteiger partial charge in [0.1, 0.15) is 4.76 Å². The Morgan fingerprint density at radius 3 is 2.62 bits per heavy atom. The maximum Gasteiger partial charge on any atom is 0.506 e. The molecular weight excluding hydrogens is 254 g/mol. The molecule has 0 aliphatic carbocycles. The molecule has 1 heterocycles. The van der Waals surface area contributed by atoms with Gasteiger partial charge in [-0.25, -0.2) is 4.79 Å². The van der Waals surface area contributed by atoms with Crippen LogP contribution in [0.25, 0.3) is 0 Å². The Kier molecular flexibility index (Phi) is 4.03. The van der Waals surface area contributed by atoms with Gasteiger partial charge in [-0.2, -0.15) is 0 Å². The van der Waals surface area contributed by atoms with Crippen LogP contribution in [-0.2, 0) is 4.79 Å². The summed E-state index contributed by atoms with van der Waals surface area (Å²) in [6.07, 6.45) is 0. The van der Waals surface area contributed by atoms with E-state index in [4.69, 9.17) is 21.5 Å². The fourth-order valence-electron chi connectivity index (χ4n) is 0.969. The molecule has 1 aliphatic rings. The molecule has 1 aromatic rings. The molecule has 5 nitrogen and oxygen atoms in total. The number of hydrogen-bond donors (Lipinski definition) is 1. The minimum absolute atomic E-state index is 0.345. The lowest BCUT2D eigenvalue weighted by atomic mass is 10.3. The Bertz CT molecular complexity index is 471. The second-order valence-corrected chi connectivity index (χ2v) is 4.22. The van der Waals surface area contributed by atoms with Crippen molar-refractivity contribution in [1.29, 1.82) is 0 Å². The van der Waals surface area contributed by atoms with Crippen molar-refractivity contribution in [3.8, 4) is 0 Å². The van der Waals surface area contributed by atoms with Gasteiger partial charge in [-0.1, -0.05) is 11.6 Å². The Labute approximate surface area is 100.0 Å². The summed E-state index contributed by atoms with van der Waals surface area (Å²) in [5, 5.41) is 7.37. The highest BCUT2D eigenvalue weighted by atomic mass is 35.5. The van der Waals surface area contributed by atoms with Crippen molar-refractivity contribution in [2.24, 2.45) is 0 Å². The maximum atomic E-state index is 11.0. The fraction of sp³-hybridized carbons (Fsp3) is 0.111. The van der Waals surface area contributed by atoms with Crippen LogP contribution in [0.1, 0.15) is 6.92 Å². The molecule has 0 radical (unpaired) electrons. The minimum atomic E-state index is -0.833. The normalized spacial score (nSPS) is 12.9. The highest BCUT2D eigenvalue weighted by Gasteiger charge is 2.39. The van der Waals surface area contributed by atoms with Crippen molar-refractivity contribution in [2.45, 2.75) is 11.8 Å². The quantitative estimate of drug-likeness (QED) is 0.726. The third-order valence-electron chi connectivity index (χ3n) is 1.50. The number of thioether (sulfide) groups is 1. The van der Waals surface area contributed by atoms with Crippen LogP contribution in [0.3, 0.4) is 0 Å². The monoisotopic (exact) mass is 260 g/mol. The molecule has 1 amide bonds. The van der Waals surface area contributed by atoms with Crippen LogP contribution >= 0.6 is 23.4 Å². The zero-order chi connectivity index (χ0) is 12.3. The number of aliphatic carboxylic acids is 1. The van der Waals surface area contributed by atoms with Crippen LogP contribution in [0.4, 0.5) is 10.5 Å². The zero-order valence-corrected chi connectivity index (χ0v) is 9.71. The largest absolute Gasteiger partial charge is 0.506 e. The van der Waals surface area contributed by atoms with Gasteiger partial charge in [-0.3, -0.25) is 4.79 Å². The van der Waals surface area contributed by atoms with Crippen molar-refractivity contribution < 1.29 is 19.5 Å². The second-order valence-electron chi connectivity index (χ2n) is 2.79. The van der Waals surface area contributed by atoms with Gasteiger partial charge in [0.15, 0.2) is 0 Å². The molecule has 1 N–H and O–H groups in total. The van der Waals surface area contributed by atoms with Crippen molar-refractivity contribution >= 4 is 40.3 Å². The number of amides is 1. The molecule has 0 fully saturated rings. The second kappa shape index (κ2) is 5.09. The van der Waals surface area contributed by atoms with E-state index in [1.807, 2.05) is 0 Å². The van der Waals surface area contributed by atoms with Gasteiger partial charge < -0.3 is 5.11 Å². The smallest absolute Gasteiger partial charge is 0.481 e. The lowest BCUT2D eigenvalue weighted by molar-refractivity contribution is -0.342. The lowest BCUT2D eigenvalue weighted by Gasteiger charge is -1.86. The van der Waals surface area contributed by atoms with E-state index >= 15 is 0 Å². The third-order valence-corrected chi connectivity index (χ3v) is 2.64. The lowest BCUT2D eigenvalue weighted by Crippen LogP contribution is -1.98. The van der Waals surface area contributed by atoms with Gasteiger partial charge in [0, 0.05) is 34.7 Å². The van der Waals surface area contributed by atoms with Crippen LogP contribution < -0.4 is 0 Å². The van der Waals surface area contributed by atoms with Crippen LogP contribution in [0.15, 0.2) is 23.1 Å². The van der Waals surface area contributed by atoms with Crippen molar-refractivity contribution in [2.75, 3.05) is 0 Å². The average molecular weight is 261 g/mol. The summed E-state index contributed by atoms with van der Waals surface area (Å²) in [4.78, 5) is 31.6. The van der Waals surface area contributed by atoms with Gasteiger partial charge in [0.2, 0.25) is 0 Å². The molecule has 0 saturated carbocycles. The standard InChI is InChI=1S/C7H3ClNO2S.C2H4O2/c8-4-1-2-6-5(3-4)9(11)7(10)12-6;1-2(3)4/h1-3H;1H3,(H,3,4)/q+1;. The summed E-state index contributed by atoms with van der Waals surface area (Å²) in [6.45, 7) is 1.08. The molecule has 0 saturated heterocycles. The summed E-state index contributed by atoms with van der Waals surface area (Å²) >= 11 is 6.57. The Balaban J connectivity index is 0.000000280. The minimum Gasteiger partial charge on any atom is -0.481 e. The number of halogens is 1. The van der Waals surface area contributed by atoms with Crippen LogP contribution in [0.5, 0.6) is 0 Å². The van der Waals surface area contributed by atoms with E-state index in [-0.39, 0.29) is 0 Å². The van der Waals surface area contributed by atoms with E-state index in [1.165, 1.54) is 6.07 Å². The fourth-order valence-corrected chi connectivity index (χ4v) is 1.89. The number of carboxylic acids is 1. The third kappa shape index (κ3) is 3.04. The highest BCUT2D eigenvalue weighted by molar-refractivity contribution is 8.13. The molecule has 2 rings (SSSR count). The van der Waals surface area contributed by atoms with E-state index in [0.29, 0.717) is 20.4 Å².